The van der Waals surface area contributed by atoms with E-state index in [9.17, 15) is 0 Å². The first-order chi connectivity index (χ1) is 8.70. The van der Waals surface area contributed by atoms with Crippen LogP contribution in [0.25, 0.3) is 0 Å². The Kier molecular flexibility index (Phi) is 5.01. The molecule has 4 heteroatoms. The highest BCUT2D eigenvalue weighted by molar-refractivity contribution is 7.15. The number of nitrogens with zero attached hydrogens (tertiary/aromatic N) is 2. The lowest BCUT2D eigenvalue weighted by atomic mass is 10.1. The monoisotopic (exact) mass is 267 g/mol. The van der Waals surface area contributed by atoms with Gasteiger partial charge in [-0.2, -0.15) is 0 Å². The van der Waals surface area contributed by atoms with Crippen LogP contribution >= 0.6 is 11.3 Å². The lowest BCUT2D eigenvalue weighted by Gasteiger charge is -2.30. The number of hydrogen-bond acceptors (Lipinski definition) is 4. The van der Waals surface area contributed by atoms with Crippen molar-refractivity contribution in [2.75, 3.05) is 18.5 Å². The van der Waals surface area contributed by atoms with Crippen LogP contribution in [0.4, 0.5) is 5.13 Å². The second-order valence-corrected chi connectivity index (χ2v) is 6.72. The highest BCUT2D eigenvalue weighted by Crippen LogP contribution is 2.31. The summed E-state index contributed by atoms with van der Waals surface area (Å²) in [6, 6.07) is 0.723. The van der Waals surface area contributed by atoms with E-state index in [1.807, 2.05) is 24.6 Å². The summed E-state index contributed by atoms with van der Waals surface area (Å²) in [6.45, 7) is 6.66. The Balaban J connectivity index is 2.10. The molecular weight excluding hydrogens is 242 g/mol. The topological polar surface area (TPSA) is 28.2 Å². The molecule has 3 nitrogen and oxygen atoms in total. The van der Waals surface area contributed by atoms with Gasteiger partial charge in [0.1, 0.15) is 0 Å². The van der Waals surface area contributed by atoms with Crippen molar-refractivity contribution >= 4 is 16.5 Å². The molecule has 0 bridgehead atoms. The summed E-state index contributed by atoms with van der Waals surface area (Å²) < 4.78 is 0. The highest BCUT2D eigenvalue weighted by atomic mass is 32.1. The Bertz CT molecular complexity index is 356. The maximum absolute atomic E-state index is 4.64. The zero-order valence-corrected chi connectivity index (χ0v) is 12.6. The van der Waals surface area contributed by atoms with Crippen LogP contribution in [-0.2, 0) is 6.54 Å². The number of nitrogens with one attached hydrogen (secondary N) is 1. The Morgan fingerprint density at radius 2 is 2.17 bits per heavy atom. The fraction of sp³-hybridized carbons (Fsp3) is 0.786. The van der Waals surface area contributed by atoms with Crippen molar-refractivity contribution in [3.05, 3.63) is 11.1 Å². The van der Waals surface area contributed by atoms with Crippen molar-refractivity contribution in [3.63, 3.8) is 0 Å². The quantitative estimate of drug-likeness (QED) is 0.857. The third-order valence-electron chi connectivity index (χ3n) is 3.47. The molecule has 0 atom stereocenters. The third-order valence-corrected chi connectivity index (χ3v) is 4.50. The van der Waals surface area contributed by atoms with Gasteiger partial charge < -0.3 is 10.2 Å². The Morgan fingerprint density at radius 1 is 1.44 bits per heavy atom. The van der Waals surface area contributed by atoms with Crippen molar-refractivity contribution in [1.29, 1.82) is 0 Å². The third kappa shape index (κ3) is 3.45. The molecule has 0 saturated heterocycles. The molecule has 2 rings (SSSR count). The van der Waals surface area contributed by atoms with Gasteiger partial charge in [-0.1, -0.05) is 26.7 Å². The standard InChI is InChI=1S/C14H25N3S/c1-11(2)10-17(12-6-4-5-7-12)14-16-9-13(18-14)8-15-3/h9,11-12,15H,4-8,10H2,1-3H3. The lowest BCUT2D eigenvalue weighted by Crippen LogP contribution is -2.36. The second kappa shape index (κ2) is 6.53. The maximum atomic E-state index is 4.64. The summed E-state index contributed by atoms with van der Waals surface area (Å²) in [5.74, 6) is 0.697. The van der Waals surface area contributed by atoms with E-state index in [4.69, 9.17) is 0 Å². The van der Waals surface area contributed by atoms with Crippen LogP contribution in [0.2, 0.25) is 0 Å². The van der Waals surface area contributed by atoms with Gasteiger partial charge in [0.15, 0.2) is 5.13 Å². The molecule has 18 heavy (non-hydrogen) atoms. The van der Waals surface area contributed by atoms with E-state index < -0.39 is 0 Å². The van der Waals surface area contributed by atoms with E-state index in [0.29, 0.717) is 5.92 Å². The Morgan fingerprint density at radius 3 is 2.78 bits per heavy atom. The van der Waals surface area contributed by atoms with Gasteiger partial charge in [0.25, 0.3) is 0 Å². The van der Waals surface area contributed by atoms with E-state index in [2.05, 4.69) is 29.0 Å². The molecule has 1 aliphatic rings. The molecule has 0 aliphatic heterocycles. The first-order valence-electron chi connectivity index (χ1n) is 7.06. The van der Waals surface area contributed by atoms with Gasteiger partial charge in [0.2, 0.25) is 0 Å². The van der Waals surface area contributed by atoms with E-state index in [-0.39, 0.29) is 0 Å². The number of anilines is 1. The molecule has 1 fully saturated rings. The molecule has 1 aliphatic carbocycles. The summed E-state index contributed by atoms with van der Waals surface area (Å²) in [7, 11) is 1.99. The molecule has 1 heterocycles. The lowest BCUT2D eigenvalue weighted by molar-refractivity contribution is 0.535. The van der Waals surface area contributed by atoms with Gasteiger partial charge in [-0.25, -0.2) is 4.98 Å². The molecule has 0 aromatic carbocycles. The van der Waals surface area contributed by atoms with Crippen LogP contribution in [0.15, 0.2) is 6.20 Å². The van der Waals surface area contributed by atoms with Crippen LogP contribution in [0.1, 0.15) is 44.4 Å². The zero-order valence-electron chi connectivity index (χ0n) is 11.8. The highest BCUT2D eigenvalue weighted by Gasteiger charge is 2.25. The van der Waals surface area contributed by atoms with Crippen molar-refractivity contribution in [3.8, 4) is 0 Å². The number of thiazole rings is 1. The first kappa shape index (κ1) is 13.8. The van der Waals surface area contributed by atoms with E-state index >= 15 is 0 Å². The smallest absolute Gasteiger partial charge is 0.185 e. The van der Waals surface area contributed by atoms with Gasteiger partial charge >= 0.3 is 0 Å². The van der Waals surface area contributed by atoms with Gasteiger partial charge in [-0.15, -0.1) is 11.3 Å². The molecule has 0 spiro atoms. The molecule has 1 saturated carbocycles. The maximum Gasteiger partial charge on any atom is 0.185 e. The minimum absolute atomic E-state index is 0.697. The fourth-order valence-corrected chi connectivity index (χ4v) is 3.68. The molecule has 1 aromatic rings. The zero-order chi connectivity index (χ0) is 13.0. The summed E-state index contributed by atoms with van der Waals surface area (Å²) in [4.78, 5) is 8.53. The van der Waals surface area contributed by atoms with Crippen LogP contribution in [-0.4, -0.2) is 24.6 Å². The van der Waals surface area contributed by atoms with E-state index in [1.165, 1.54) is 35.7 Å². The van der Waals surface area contributed by atoms with E-state index in [1.54, 1.807) is 0 Å². The average molecular weight is 267 g/mol. The van der Waals surface area contributed by atoms with Gasteiger partial charge in [-0.3, -0.25) is 0 Å². The molecule has 102 valence electrons. The average Bonchev–Trinajstić information content (AvgIpc) is 2.97. The number of aromatic nitrogens is 1. The van der Waals surface area contributed by atoms with Crippen LogP contribution in [0.5, 0.6) is 0 Å². The van der Waals surface area contributed by atoms with Gasteiger partial charge in [-0.05, 0) is 25.8 Å². The Hall–Kier alpha value is -0.610. The molecule has 1 aromatic heterocycles. The minimum Gasteiger partial charge on any atom is -0.345 e. The van der Waals surface area contributed by atoms with Crippen molar-refractivity contribution in [2.45, 2.75) is 52.1 Å². The van der Waals surface area contributed by atoms with Gasteiger partial charge in [0.05, 0.1) is 0 Å². The summed E-state index contributed by atoms with van der Waals surface area (Å²) >= 11 is 1.85. The van der Waals surface area contributed by atoms with Crippen molar-refractivity contribution in [2.24, 2.45) is 5.92 Å². The molecule has 0 amide bonds. The van der Waals surface area contributed by atoms with Gasteiger partial charge in [0, 0.05) is 30.2 Å². The number of hydrogen-bond donors (Lipinski definition) is 1. The minimum atomic E-state index is 0.697. The second-order valence-electron chi connectivity index (χ2n) is 5.62. The number of rotatable bonds is 6. The predicted octanol–water partition coefficient (Wildman–Crippen LogP) is 3.27. The van der Waals surface area contributed by atoms with Crippen LogP contribution in [0, 0.1) is 5.92 Å². The van der Waals surface area contributed by atoms with E-state index in [0.717, 1.165) is 19.1 Å². The van der Waals surface area contributed by atoms with Crippen molar-refractivity contribution in [1.82, 2.24) is 10.3 Å². The van der Waals surface area contributed by atoms with Crippen LogP contribution < -0.4 is 10.2 Å². The molecule has 1 N–H and O–H groups in total. The summed E-state index contributed by atoms with van der Waals surface area (Å²) in [6.07, 6.45) is 7.47. The van der Waals surface area contributed by atoms with Crippen LogP contribution in [0.3, 0.4) is 0 Å². The summed E-state index contributed by atoms with van der Waals surface area (Å²) in [5.41, 5.74) is 0. The van der Waals surface area contributed by atoms with Crippen molar-refractivity contribution < 1.29 is 0 Å². The predicted molar refractivity (Wildman–Crippen MR) is 79.3 cm³/mol. The molecule has 0 unspecified atom stereocenters. The first-order valence-corrected chi connectivity index (χ1v) is 7.88. The molecule has 0 radical (unpaired) electrons. The fourth-order valence-electron chi connectivity index (χ4n) is 2.68. The summed E-state index contributed by atoms with van der Waals surface area (Å²) in [5, 5.41) is 4.42. The SMILES string of the molecule is CNCc1cnc(N(CC(C)C)C2CCCC2)s1. The largest absolute Gasteiger partial charge is 0.345 e. The Labute approximate surface area is 115 Å². The molecular formula is C14H25N3S. The normalized spacial score (nSPS) is 16.7.